The normalized spacial score (nSPS) is 11.5. The summed E-state index contributed by atoms with van der Waals surface area (Å²) in [4.78, 5) is 12.9. The van der Waals surface area contributed by atoms with Crippen LogP contribution < -0.4 is 0 Å². The summed E-state index contributed by atoms with van der Waals surface area (Å²) in [6.45, 7) is 0.676. The number of benzene rings is 1. The molecule has 4 nitrogen and oxygen atoms in total. The van der Waals surface area contributed by atoms with Crippen molar-refractivity contribution in [3.05, 3.63) is 51.8 Å². The predicted molar refractivity (Wildman–Crippen MR) is 86.3 cm³/mol. The van der Waals surface area contributed by atoms with Crippen molar-refractivity contribution >= 4 is 55.9 Å². The summed E-state index contributed by atoms with van der Waals surface area (Å²) < 4.78 is 3.13. The van der Waals surface area contributed by atoms with Crippen LogP contribution in [0.4, 0.5) is 0 Å². The summed E-state index contributed by atoms with van der Waals surface area (Å²) in [6, 6.07) is 7.95. The minimum Gasteiger partial charge on any atom is -0.311 e. The fraction of sp³-hybridized carbons (Fsp3) is 0.0714. The average molecular weight is 335 g/mol. The van der Waals surface area contributed by atoms with Crippen LogP contribution in [0.3, 0.4) is 0 Å². The van der Waals surface area contributed by atoms with E-state index >= 15 is 0 Å². The van der Waals surface area contributed by atoms with Gasteiger partial charge in [-0.2, -0.15) is 0 Å². The van der Waals surface area contributed by atoms with Crippen LogP contribution in [0.2, 0.25) is 10.2 Å². The van der Waals surface area contributed by atoms with Gasteiger partial charge in [0.25, 0.3) is 0 Å². The van der Waals surface area contributed by atoms with E-state index in [2.05, 4.69) is 27.1 Å². The highest BCUT2D eigenvalue weighted by Gasteiger charge is 2.09. The van der Waals surface area contributed by atoms with Crippen LogP contribution in [0.1, 0.15) is 5.56 Å². The summed E-state index contributed by atoms with van der Waals surface area (Å²) in [5.74, 6) is 0. The predicted octanol–water partition coefficient (Wildman–Crippen LogP) is 4.40. The molecular formula is C14H8Cl2N4S. The Morgan fingerprint density at radius 3 is 2.90 bits per heavy atom. The molecule has 4 aromatic rings. The van der Waals surface area contributed by atoms with Crippen molar-refractivity contribution in [2.45, 2.75) is 6.54 Å². The molecule has 0 spiro atoms. The third-order valence-electron chi connectivity index (χ3n) is 3.25. The van der Waals surface area contributed by atoms with E-state index in [0.717, 1.165) is 16.7 Å². The first-order valence-corrected chi connectivity index (χ1v) is 7.83. The molecular weight excluding hydrogens is 327 g/mol. The second-order valence-electron chi connectivity index (χ2n) is 4.63. The molecule has 7 heteroatoms. The standard InChI is InChI=1S/C14H8Cl2N4S/c15-9-4-11-14(19-13(9)16)20(6-17-11)5-8-1-2-10-12(3-8)21-7-18-10/h1-4,6-7H,5H2. The fourth-order valence-corrected chi connectivity index (χ4v) is 3.27. The minimum absolute atomic E-state index is 0.295. The Morgan fingerprint density at radius 1 is 1.10 bits per heavy atom. The molecule has 0 aliphatic carbocycles. The van der Waals surface area contributed by atoms with Gasteiger partial charge in [-0.1, -0.05) is 29.3 Å². The lowest BCUT2D eigenvalue weighted by molar-refractivity contribution is 0.815. The third kappa shape index (κ3) is 2.27. The van der Waals surface area contributed by atoms with Crippen molar-refractivity contribution in [3.8, 4) is 0 Å². The Bertz CT molecular complexity index is 960. The Morgan fingerprint density at radius 2 is 2.00 bits per heavy atom. The number of nitrogens with zero attached hydrogens (tertiary/aromatic N) is 4. The molecule has 0 unspecified atom stereocenters. The largest absolute Gasteiger partial charge is 0.311 e. The maximum atomic E-state index is 5.99. The quantitative estimate of drug-likeness (QED) is 0.510. The molecule has 0 amide bonds. The zero-order valence-electron chi connectivity index (χ0n) is 10.6. The van der Waals surface area contributed by atoms with Crippen molar-refractivity contribution in [1.82, 2.24) is 19.5 Å². The molecule has 21 heavy (non-hydrogen) atoms. The van der Waals surface area contributed by atoms with E-state index in [1.54, 1.807) is 23.7 Å². The summed E-state index contributed by atoms with van der Waals surface area (Å²) >= 11 is 13.6. The molecule has 4 rings (SSSR count). The first kappa shape index (κ1) is 13.0. The maximum Gasteiger partial charge on any atom is 0.161 e. The van der Waals surface area contributed by atoms with Crippen LogP contribution in [-0.2, 0) is 6.54 Å². The SMILES string of the molecule is Clc1cc2ncn(Cc3ccc4ncsc4c3)c2nc1Cl. The van der Waals surface area contributed by atoms with E-state index in [1.165, 1.54) is 10.3 Å². The van der Waals surface area contributed by atoms with E-state index in [1.807, 2.05) is 16.1 Å². The van der Waals surface area contributed by atoms with Gasteiger partial charge in [-0.3, -0.25) is 0 Å². The van der Waals surface area contributed by atoms with Crippen LogP contribution in [0.25, 0.3) is 21.4 Å². The van der Waals surface area contributed by atoms with E-state index in [-0.39, 0.29) is 0 Å². The van der Waals surface area contributed by atoms with Gasteiger partial charge in [0, 0.05) is 0 Å². The first-order chi connectivity index (χ1) is 10.2. The highest BCUT2D eigenvalue weighted by molar-refractivity contribution is 7.16. The van der Waals surface area contributed by atoms with Gasteiger partial charge in [0.15, 0.2) is 5.65 Å². The lowest BCUT2D eigenvalue weighted by Crippen LogP contribution is -1.99. The van der Waals surface area contributed by atoms with Gasteiger partial charge in [-0.05, 0) is 23.8 Å². The van der Waals surface area contributed by atoms with Gasteiger partial charge in [0.1, 0.15) is 10.7 Å². The van der Waals surface area contributed by atoms with E-state index < -0.39 is 0 Å². The van der Waals surface area contributed by atoms with Crippen LogP contribution in [0, 0.1) is 0 Å². The number of hydrogen-bond donors (Lipinski definition) is 0. The molecule has 0 radical (unpaired) electrons. The lowest BCUT2D eigenvalue weighted by atomic mass is 10.2. The molecule has 0 fully saturated rings. The number of rotatable bonds is 2. The number of fused-ring (bicyclic) bond motifs is 2. The molecule has 3 heterocycles. The molecule has 0 bridgehead atoms. The monoisotopic (exact) mass is 334 g/mol. The minimum atomic E-state index is 0.295. The molecule has 0 atom stereocenters. The topological polar surface area (TPSA) is 43.6 Å². The third-order valence-corrected chi connectivity index (χ3v) is 4.72. The smallest absolute Gasteiger partial charge is 0.161 e. The molecule has 0 aliphatic rings. The summed E-state index contributed by atoms with van der Waals surface area (Å²) in [5, 5.41) is 0.712. The average Bonchev–Trinajstić information content (AvgIpc) is 3.07. The highest BCUT2D eigenvalue weighted by Crippen LogP contribution is 2.25. The Kier molecular flexibility index (Phi) is 3.06. The number of halogens is 2. The van der Waals surface area contributed by atoms with Gasteiger partial charge in [-0.15, -0.1) is 11.3 Å². The van der Waals surface area contributed by atoms with Crippen molar-refractivity contribution < 1.29 is 0 Å². The van der Waals surface area contributed by atoms with Gasteiger partial charge in [0.05, 0.1) is 33.6 Å². The summed E-state index contributed by atoms with van der Waals surface area (Å²) in [6.07, 6.45) is 1.75. The van der Waals surface area contributed by atoms with Crippen LogP contribution in [-0.4, -0.2) is 19.5 Å². The number of aromatic nitrogens is 4. The summed E-state index contributed by atoms with van der Waals surface area (Å²) in [5.41, 5.74) is 5.51. The van der Waals surface area contributed by atoms with Gasteiger partial charge in [-0.25, -0.2) is 15.0 Å². The number of pyridine rings is 1. The highest BCUT2D eigenvalue weighted by atomic mass is 35.5. The van der Waals surface area contributed by atoms with E-state index in [9.17, 15) is 0 Å². The second-order valence-corrected chi connectivity index (χ2v) is 6.28. The molecule has 0 aliphatic heterocycles. The molecule has 3 aromatic heterocycles. The molecule has 104 valence electrons. The zero-order chi connectivity index (χ0) is 14.4. The van der Waals surface area contributed by atoms with E-state index in [4.69, 9.17) is 23.2 Å². The zero-order valence-corrected chi connectivity index (χ0v) is 13.0. The lowest BCUT2D eigenvalue weighted by Gasteiger charge is -2.04. The fourth-order valence-electron chi connectivity index (χ4n) is 2.25. The van der Waals surface area contributed by atoms with Crippen LogP contribution in [0.15, 0.2) is 36.1 Å². The van der Waals surface area contributed by atoms with Crippen LogP contribution >= 0.6 is 34.5 Å². The Labute approximate surface area is 134 Å². The van der Waals surface area contributed by atoms with Crippen molar-refractivity contribution in [2.75, 3.05) is 0 Å². The van der Waals surface area contributed by atoms with Gasteiger partial charge < -0.3 is 4.57 Å². The number of thiazole rings is 1. The van der Waals surface area contributed by atoms with Crippen molar-refractivity contribution in [3.63, 3.8) is 0 Å². The summed E-state index contributed by atoms with van der Waals surface area (Å²) in [7, 11) is 0. The van der Waals surface area contributed by atoms with Crippen molar-refractivity contribution in [1.29, 1.82) is 0 Å². The molecule has 0 saturated heterocycles. The number of imidazole rings is 1. The first-order valence-electron chi connectivity index (χ1n) is 6.20. The van der Waals surface area contributed by atoms with Gasteiger partial charge >= 0.3 is 0 Å². The maximum absolute atomic E-state index is 5.99. The number of hydrogen-bond acceptors (Lipinski definition) is 4. The van der Waals surface area contributed by atoms with Crippen molar-refractivity contribution in [2.24, 2.45) is 0 Å². The van der Waals surface area contributed by atoms with Gasteiger partial charge in [0.2, 0.25) is 0 Å². The molecule has 1 aromatic carbocycles. The van der Waals surface area contributed by atoms with Crippen LogP contribution in [0.5, 0.6) is 0 Å². The second kappa shape index (κ2) is 4.94. The molecule has 0 saturated carbocycles. The Hall–Kier alpha value is -1.69. The molecule has 0 N–H and O–H groups in total. The van der Waals surface area contributed by atoms with E-state index in [0.29, 0.717) is 16.7 Å². The Balaban J connectivity index is 1.77.